The number of thioether (sulfide) groups is 2. The molecule has 0 aliphatic rings. The van der Waals surface area contributed by atoms with Crippen LogP contribution in [0.3, 0.4) is 0 Å². The molecule has 0 rings (SSSR count). The molecule has 0 aromatic carbocycles. The monoisotopic (exact) mass is 420 g/mol. The van der Waals surface area contributed by atoms with Gasteiger partial charge in [0.05, 0.1) is 5.60 Å². The summed E-state index contributed by atoms with van der Waals surface area (Å²) in [5, 5.41) is 0. The van der Waals surface area contributed by atoms with Crippen LogP contribution in [0.4, 0.5) is 0 Å². The molecular formula is C22H48N2OS2. The molecule has 0 amide bonds. The summed E-state index contributed by atoms with van der Waals surface area (Å²) < 4.78 is 6.55. The van der Waals surface area contributed by atoms with Gasteiger partial charge in [0.1, 0.15) is 0 Å². The van der Waals surface area contributed by atoms with E-state index in [9.17, 15) is 0 Å². The zero-order chi connectivity index (χ0) is 20.8. The van der Waals surface area contributed by atoms with Crippen molar-refractivity contribution < 1.29 is 4.74 Å². The van der Waals surface area contributed by atoms with E-state index < -0.39 is 0 Å². The van der Waals surface area contributed by atoms with Gasteiger partial charge in [-0.05, 0) is 58.6 Å². The highest BCUT2D eigenvalue weighted by atomic mass is 32.2. The Labute approximate surface area is 179 Å². The molecule has 0 bridgehead atoms. The average molecular weight is 421 g/mol. The van der Waals surface area contributed by atoms with E-state index in [4.69, 9.17) is 4.74 Å². The smallest absolute Gasteiger partial charge is 0.0634 e. The molecule has 5 heteroatoms. The molecule has 0 saturated carbocycles. The lowest BCUT2D eigenvalue weighted by Gasteiger charge is -2.30. The van der Waals surface area contributed by atoms with Crippen LogP contribution >= 0.6 is 23.5 Å². The fraction of sp³-hybridized carbons (Fsp3) is 1.00. The molecular weight excluding hydrogens is 372 g/mol. The first-order valence-electron chi connectivity index (χ1n) is 11.0. The maximum atomic E-state index is 6.26. The van der Waals surface area contributed by atoms with Crippen LogP contribution in [0.2, 0.25) is 0 Å². The second-order valence-corrected chi connectivity index (χ2v) is 11.4. The molecule has 0 atom stereocenters. The largest absolute Gasteiger partial charge is 0.375 e. The molecule has 0 aromatic rings. The third-order valence-electron chi connectivity index (χ3n) is 5.29. The van der Waals surface area contributed by atoms with E-state index in [0.29, 0.717) is 4.75 Å². The molecule has 3 nitrogen and oxygen atoms in total. The maximum Gasteiger partial charge on any atom is 0.0634 e. The molecule has 0 aromatic heterocycles. The Kier molecular flexibility index (Phi) is 15.8. The highest BCUT2D eigenvalue weighted by Crippen LogP contribution is 2.29. The van der Waals surface area contributed by atoms with Gasteiger partial charge in [-0.25, -0.2) is 0 Å². The van der Waals surface area contributed by atoms with E-state index in [2.05, 4.69) is 88.7 Å². The van der Waals surface area contributed by atoms with Gasteiger partial charge in [-0.1, -0.05) is 41.5 Å². The van der Waals surface area contributed by atoms with Gasteiger partial charge in [-0.15, -0.1) is 0 Å². The zero-order valence-electron chi connectivity index (χ0n) is 19.6. The molecule has 0 unspecified atom stereocenters. The maximum absolute atomic E-state index is 6.26. The van der Waals surface area contributed by atoms with Crippen LogP contribution < -0.4 is 0 Å². The second-order valence-electron chi connectivity index (χ2n) is 8.38. The van der Waals surface area contributed by atoms with E-state index in [1.807, 2.05) is 0 Å². The van der Waals surface area contributed by atoms with Crippen molar-refractivity contribution in [2.45, 2.75) is 78.6 Å². The van der Waals surface area contributed by atoms with E-state index in [0.717, 1.165) is 45.6 Å². The molecule has 0 fully saturated rings. The lowest BCUT2D eigenvalue weighted by molar-refractivity contribution is -0.0221. The van der Waals surface area contributed by atoms with Crippen molar-refractivity contribution in [3.05, 3.63) is 0 Å². The molecule has 27 heavy (non-hydrogen) atoms. The van der Waals surface area contributed by atoms with Crippen LogP contribution in [0.15, 0.2) is 0 Å². The van der Waals surface area contributed by atoms with Crippen molar-refractivity contribution >= 4 is 23.5 Å². The van der Waals surface area contributed by atoms with Crippen molar-refractivity contribution in [1.29, 1.82) is 0 Å². The Bertz CT molecular complexity index is 343. The minimum absolute atomic E-state index is 0.00976. The van der Waals surface area contributed by atoms with Crippen LogP contribution in [0.5, 0.6) is 0 Å². The molecule has 0 saturated heterocycles. The van der Waals surface area contributed by atoms with Gasteiger partial charge >= 0.3 is 0 Å². The quantitative estimate of drug-likeness (QED) is 0.272. The normalized spacial score (nSPS) is 13.1. The van der Waals surface area contributed by atoms with Crippen LogP contribution in [0, 0.1) is 0 Å². The lowest BCUT2D eigenvalue weighted by atomic mass is 10.1. The number of hydrogen-bond acceptors (Lipinski definition) is 5. The summed E-state index contributed by atoms with van der Waals surface area (Å²) in [6, 6.07) is 0. The van der Waals surface area contributed by atoms with Gasteiger partial charge in [-0.2, -0.15) is 23.5 Å². The topological polar surface area (TPSA) is 15.7 Å². The minimum Gasteiger partial charge on any atom is -0.375 e. The summed E-state index contributed by atoms with van der Waals surface area (Å²) in [5.74, 6) is 3.63. The zero-order valence-corrected chi connectivity index (χ0v) is 21.2. The third-order valence-corrected chi connectivity index (χ3v) is 7.62. The van der Waals surface area contributed by atoms with Gasteiger partial charge in [0.2, 0.25) is 0 Å². The summed E-state index contributed by atoms with van der Waals surface area (Å²) >= 11 is 4.16. The van der Waals surface area contributed by atoms with Crippen LogP contribution in [-0.4, -0.2) is 83.3 Å². The first-order valence-corrected chi connectivity index (χ1v) is 13.1. The van der Waals surface area contributed by atoms with Crippen molar-refractivity contribution in [3.63, 3.8) is 0 Å². The molecule has 0 N–H and O–H groups in total. The second kappa shape index (κ2) is 15.4. The summed E-state index contributed by atoms with van der Waals surface area (Å²) in [7, 11) is 0. The van der Waals surface area contributed by atoms with E-state index in [1.165, 1.54) is 30.3 Å². The molecule has 0 heterocycles. The Balaban J connectivity index is 3.91. The Morgan fingerprint density at radius 1 is 0.704 bits per heavy atom. The standard InChI is InChI=1S/C22H48N2OS2/c1-9-23(10-2)15-19-26-18-14-21(5,6)25-17-13-22(7,8)27-20-16-24(11-3)12-4/h9-20H2,1-8H3. The van der Waals surface area contributed by atoms with Crippen molar-refractivity contribution in [2.75, 3.05) is 63.1 Å². The molecule has 0 aliphatic heterocycles. The summed E-state index contributed by atoms with van der Waals surface area (Å²) in [6.07, 6.45) is 2.25. The Morgan fingerprint density at radius 3 is 1.74 bits per heavy atom. The van der Waals surface area contributed by atoms with Crippen molar-refractivity contribution in [3.8, 4) is 0 Å². The Hall–Kier alpha value is 0.580. The summed E-state index contributed by atoms with van der Waals surface area (Å²) in [4.78, 5) is 5.00. The van der Waals surface area contributed by atoms with E-state index >= 15 is 0 Å². The average Bonchev–Trinajstić information content (AvgIpc) is 2.61. The van der Waals surface area contributed by atoms with Gasteiger partial charge < -0.3 is 14.5 Å². The predicted molar refractivity (Wildman–Crippen MR) is 129 cm³/mol. The molecule has 0 aliphatic carbocycles. The molecule has 164 valence electrons. The highest BCUT2D eigenvalue weighted by molar-refractivity contribution is 8.00. The summed E-state index contributed by atoms with van der Waals surface area (Å²) in [6.45, 7) is 26.1. The van der Waals surface area contributed by atoms with Gasteiger partial charge in [0.15, 0.2) is 0 Å². The fourth-order valence-electron chi connectivity index (χ4n) is 2.86. The molecule has 0 spiro atoms. The van der Waals surface area contributed by atoms with Crippen LogP contribution in [-0.2, 0) is 4.74 Å². The van der Waals surface area contributed by atoms with Gasteiger partial charge in [0.25, 0.3) is 0 Å². The lowest BCUT2D eigenvalue weighted by Crippen LogP contribution is -2.30. The van der Waals surface area contributed by atoms with Crippen molar-refractivity contribution in [1.82, 2.24) is 9.80 Å². The third kappa shape index (κ3) is 15.1. The fourth-order valence-corrected chi connectivity index (χ4v) is 5.22. The van der Waals surface area contributed by atoms with Gasteiger partial charge in [0, 0.05) is 35.9 Å². The van der Waals surface area contributed by atoms with Crippen LogP contribution in [0.1, 0.15) is 68.2 Å². The number of ether oxygens (including phenoxy) is 1. The van der Waals surface area contributed by atoms with Crippen LogP contribution in [0.25, 0.3) is 0 Å². The number of rotatable bonds is 18. The van der Waals surface area contributed by atoms with Gasteiger partial charge in [-0.3, -0.25) is 0 Å². The molecule has 0 radical (unpaired) electrons. The number of hydrogen-bond donors (Lipinski definition) is 0. The first kappa shape index (κ1) is 27.6. The minimum atomic E-state index is -0.00976. The van der Waals surface area contributed by atoms with E-state index in [1.54, 1.807) is 0 Å². The summed E-state index contributed by atoms with van der Waals surface area (Å²) in [5.41, 5.74) is -0.00976. The van der Waals surface area contributed by atoms with E-state index in [-0.39, 0.29) is 5.60 Å². The highest BCUT2D eigenvalue weighted by Gasteiger charge is 2.22. The van der Waals surface area contributed by atoms with Crippen molar-refractivity contribution in [2.24, 2.45) is 0 Å². The SMILES string of the molecule is CCN(CC)CCSCCC(C)(C)OCCC(C)(C)SCCN(CC)CC. The Morgan fingerprint density at radius 2 is 1.22 bits per heavy atom. The predicted octanol–water partition coefficient (Wildman–Crippen LogP) is 5.49. The number of nitrogens with zero attached hydrogens (tertiary/aromatic N) is 2. The first-order chi connectivity index (χ1) is 12.7.